The van der Waals surface area contributed by atoms with E-state index in [-0.39, 0.29) is 5.54 Å². The molecule has 3 heterocycles. The Balaban J connectivity index is 1.77. The normalized spacial score (nSPS) is 31.6. The third kappa shape index (κ3) is 1.85. The van der Waals surface area contributed by atoms with Crippen LogP contribution in [-0.2, 0) is 6.54 Å². The lowest BCUT2D eigenvalue weighted by Gasteiger charge is -2.35. The van der Waals surface area contributed by atoms with Gasteiger partial charge in [0.15, 0.2) is 0 Å². The highest BCUT2D eigenvalue weighted by Crippen LogP contribution is 2.40. The summed E-state index contributed by atoms with van der Waals surface area (Å²) in [6.45, 7) is 9.16. The molecule has 2 aliphatic rings. The largest absolute Gasteiger partial charge is 0.316 e. The fourth-order valence-electron chi connectivity index (χ4n) is 3.38. The van der Waals surface area contributed by atoms with E-state index in [0.717, 1.165) is 30.6 Å². The molecule has 2 aliphatic heterocycles. The number of likely N-dealkylation sites (tertiary alicyclic amines) is 1. The predicted octanol–water partition coefficient (Wildman–Crippen LogP) is 0.906. The van der Waals surface area contributed by atoms with E-state index in [0.29, 0.717) is 0 Å². The van der Waals surface area contributed by atoms with Crippen molar-refractivity contribution in [3.8, 4) is 0 Å². The first-order valence-electron chi connectivity index (χ1n) is 6.38. The molecule has 2 fully saturated rings. The van der Waals surface area contributed by atoms with Crippen LogP contribution in [-0.4, -0.2) is 40.0 Å². The summed E-state index contributed by atoms with van der Waals surface area (Å²) in [7, 11) is 0. The van der Waals surface area contributed by atoms with Gasteiger partial charge in [0, 0.05) is 43.8 Å². The molecule has 17 heavy (non-hydrogen) atoms. The SMILES string of the molecule is CC1(C)C2CNCC2CN1Cc1cnccn1. The second kappa shape index (κ2) is 4.03. The Kier molecular flexibility index (Phi) is 2.64. The molecular formula is C13H20N4. The summed E-state index contributed by atoms with van der Waals surface area (Å²) in [6.07, 6.45) is 5.39. The van der Waals surface area contributed by atoms with Gasteiger partial charge in [-0.25, -0.2) is 0 Å². The molecule has 0 amide bonds. The van der Waals surface area contributed by atoms with E-state index in [4.69, 9.17) is 0 Å². The summed E-state index contributed by atoms with van der Waals surface area (Å²) in [4.78, 5) is 11.1. The number of hydrogen-bond acceptors (Lipinski definition) is 4. The summed E-state index contributed by atoms with van der Waals surface area (Å²) in [5, 5.41) is 3.51. The van der Waals surface area contributed by atoms with Crippen LogP contribution in [0.15, 0.2) is 18.6 Å². The summed E-state index contributed by atoms with van der Waals surface area (Å²) < 4.78 is 0. The van der Waals surface area contributed by atoms with Crippen LogP contribution in [0.2, 0.25) is 0 Å². The van der Waals surface area contributed by atoms with Crippen molar-refractivity contribution in [3.05, 3.63) is 24.3 Å². The van der Waals surface area contributed by atoms with E-state index < -0.39 is 0 Å². The molecule has 3 rings (SSSR count). The summed E-state index contributed by atoms with van der Waals surface area (Å²) >= 11 is 0. The summed E-state index contributed by atoms with van der Waals surface area (Å²) in [5.41, 5.74) is 1.35. The van der Waals surface area contributed by atoms with Crippen molar-refractivity contribution in [2.75, 3.05) is 19.6 Å². The Hall–Kier alpha value is -1.00. The van der Waals surface area contributed by atoms with Crippen LogP contribution in [0, 0.1) is 11.8 Å². The lowest BCUT2D eigenvalue weighted by Crippen LogP contribution is -2.44. The van der Waals surface area contributed by atoms with Gasteiger partial charge < -0.3 is 5.32 Å². The van der Waals surface area contributed by atoms with Gasteiger partial charge in [-0.05, 0) is 32.2 Å². The van der Waals surface area contributed by atoms with Gasteiger partial charge in [-0.2, -0.15) is 0 Å². The zero-order chi connectivity index (χ0) is 11.9. The standard InChI is InChI=1S/C13H20N4/c1-13(2)12-7-15-5-10(12)8-17(13)9-11-6-14-3-4-16-11/h3-4,6,10,12,15H,5,7-9H2,1-2H3. The summed E-state index contributed by atoms with van der Waals surface area (Å²) in [6, 6.07) is 0. The van der Waals surface area contributed by atoms with Gasteiger partial charge >= 0.3 is 0 Å². The minimum atomic E-state index is 0.270. The van der Waals surface area contributed by atoms with Crippen LogP contribution >= 0.6 is 0 Å². The van der Waals surface area contributed by atoms with E-state index in [1.807, 2.05) is 6.20 Å². The lowest BCUT2D eigenvalue weighted by molar-refractivity contribution is 0.130. The molecule has 1 N–H and O–H groups in total. The van der Waals surface area contributed by atoms with Crippen molar-refractivity contribution in [1.29, 1.82) is 0 Å². The molecule has 0 aromatic carbocycles. The van der Waals surface area contributed by atoms with Gasteiger partial charge in [-0.1, -0.05) is 0 Å². The fourth-order valence-corrected chi connectivity index (χ4v) is 3.38. The molecule has 4 nitrogen and oxygen atoms in total. The van der Waals surface area contributed by atoms with E-state index in [1.165, 1.54) is 13.1 Å². The number of hydrogen-bond donors (Lipinski definition) is 1. The van der Waals surface area contributed by atoms with E-state index in [2.05, 4.69) is 34.0 Å². The van der Waals surface area contributed by atoms with Crippen LogP contribution in [0.5, 0.6) is 0 Å². The highest BCUT2D eigenvalue weighted by Gasteiger charge is 2.49. The average molecular weight is 232 g/mol. The maximum Gasteiger partial charge on any atom is 0.0727 e. The van der Waals surface area contributed by atoms with Crippen LogP contribution in [0.1, 0.15) is 19.5 Å². The van der Waals surface area contributed by atoms with Crippen LogP contribution in [0.25, 0.3) is 0 Å². The first-order valence-corrected chi connectivity index (χ1v) is 6.38. The Morgan fingerprint density at radius 3 is 3.00 bits per heavy atom. The highest BCUT2D eigenvalue weighted by molar-refractivity contribution is 5.07. The van der Waals surface area contributed by atoms with Crippen LogP contribution in [0.3, 0.4) is 0 Å². The quantitative estimate of drug-likeness (QED) is 0.823. The van der Waals surface area contributed by atoms with Gasteiger partial charge in [-0.3, -0.25) is 14.9 Å². The van der Waals surface area contributed by atoms with Gasteiger partial charge in [0.25, 0.3) is 0 Å². The number of fused-ring (bicyclic) bond motifs is 1. The third-order valence-electron chi connectivity index (χ3n) is 4.49. The van der Waals surface area contributed by atoms with Crippen molar-refractivity contribution in [2.24, 2.45) is 11.8 Å². The Morgan fingerprint density at radius 1 is 1.41 bits per heavy atom. The monoisotopic (exact) mass is 232 g/mol. The molecular weight excluding hydrogens is 212 g/mol. The van der Waals surface area contributed by atoms with Crippen molar-refractivity contribution < 1.29 is 0 Å². The minimum Gasteiger partial charge on any atom is -0.316 e. The predicted molar refractivity (Wildman–Crippen MR) is 66.4 cm³/mol. The Morgan fingerprint density at radius 2 is 2.29 bits per heavy atom. The number of nitrogens with one attached hydrogen (secondary N) is 1. The van der Waals surface area contributed by atoms with Crippen molar-refractivity contribution in [1.82, 2.24) is 20.2 Å². The lowest BCUT2D eigenvalue weighted by atomic mass is 9.85. The molecule has 0 spiro atoms. The molecule has 1 aromatic rings. The molecule has 2 saturated heterocycles. The number of nitrogens with zero attached hydrogens (tertiary/aromatic N) is 3. The highest BCUT2D eigenvalue weighted by atomic mass is 15.3. The smallest absolute Gasteiger partial charge is 0.0727 e. The third-order valence-corrected chi connectivity index (χ3v) is 4.49. The fraction of sp³-hybridized carbons (Fsp3) is 0.692. The first kappa shape index (κ1) is 11.1. The van der Waals surface area contributed by atoms with Crippen LogP contribution < -0.4 is 5.32 Å². The number of rotatable bonds is 2. The topological polar surface area (TPSA) is 41.0 Å². The molecule has 0 bridgehead atoms. The maximum atomic E-state index is 4.38. The molecule has 2 atom stereocenters. The number of aromatic nitrogens is 2. The minimum absolute atomic E-state index is 0.270. The summed E-state index contributed by atoms with van der Waals surface area (Å²) in [5.74, 6) is 1.58. The van der Waals surface area contributed by atoms with Gasteiger partial charge in [-0.15, -0.1) is 0 Å². The zero-order valence-corrected chi connectivity index (χ0v) is 10.6. The van der Waals surface area contributed by atoms with Gasteiger partial charge in [0.2, 0.25) is 0 Å². The van der Waals surface area contributed by atoms with Crippen molar-refractivity contribution >= 4 is 0 Å². The van der Waals surface area contributed by atoms with Gasteiger partial charge in [0.1, 0.15) is 0 Å². The van der Waals surface area contributed by atoms with Gasteiger partial charge in [0.05, 0.1) is 5.69 Å². The Labute approximate surface area is 102 Å². The average Bonchev–Trinajstić information content (AvgIpc) is 2.85. The molecule has 0 aliphatic carbocycles. The molecule has 92 valence electrons. The second-order valence-corrected chi connectivity index (χ2v) is 5.76. The van der Waals surface area contributed by atoms with E-state index in [9.17, 15) is 0 Å². The molecule has 2 unspecified atom stereocenters. The first-order chi connectivity index (χ1) is 8.18. The zero-order valence-electron chi connectivity index (χ0n) is 10.6. The Bertz CT molecular complexity index is 390. The van der Waals surface area contributed by atoms with Crippen molar-refractivity contribution in [2.45, 2.75) is 25.9 Å². The van der Waals surface area contributed by atoms with Crippen LogP contribution in [0.4, 0.5) is 0 Å². The maximum absolute atomic E-state index is 4.38. The second-order valence-electron chi connectivity index (χ2n) is 5.76. The van der Waals surface area contributed by atoms with Crippen molar-refractivity contribution in [3.63, 3.8) is 0 Å². The molecule has 1 aromatic heterocycles. The van der Waals surface area contributed by atoms with E-state index in [1.54, 1.807) is 12.4 Å². The molecule has 0 saturated carbocycles. The molecule has 0 radical (unpaired) electrons. The van der Waals surface area contributed by atoms with E-state index >= 15 is 0 Å². The molecule has 4 heteroatoms.